The summed E-state index contributed by atoms with van der Waals surface area (Å²) in [6.45, 7) is 4.23. The fourth-order valence-corrected chi connectivity index (χ4v) is 2.11. The average Bonchev–Trinajstić information content (AvgIpc) is 2.57. The number of alkyl halides is 3. The van der Waals surface area contributed by atoms with E-state index in [-0.39, 0.29) is 6.54 Å². The van der Waals surface area contributed by atoms with Gasteiger partial charge in [0.15, 0.2) is 5.96 Å². The second-order valence-corrected chi connectivity index (χ2v) is 5.61. The van der Waals surface area contributed by atoms with Crippen molar-refractivity contribution >= 4 is 5.96 Å². The van der Waals surface area contributed by atoms with Gasteiger partial charge in [-0.05, 0) is 31.7 Å². The zero-order valence-electron chi connectivity index (χ0n) is 14.7. The largest absolute Gasteiger partial charge is 0.390 e. The molecule has 1 rings (SSSR count). The van der Waals surface area contributed by atoms with E-state index in [1.165, 1.54) is 5.56 Å². The number of hydrogen-bond acceptors (Lipinski definition) is 2. The highest BCUT2D eigenvalue weighted by Gasteiger charge is 2.26. The van der Waals surface area contributed by atoms with E-state index in [2.05, 4.69) is 27.8 Å². The lowest BCUT2D eigenvalue weighted by Crippen LogP contribution is -2.39. The third-order valence-electron chi connectivity index (χ3n) is 3.39. The maximum absolute atomic E-state index is 12.1. The Labute approximate surface area is 147 Å². The lowest BCUT2D eigenvalue weighted by molar-refractivity contribution is -0.132. The highest BCUT2D eigenvalue weighted by Crippen LogP contribution is 2.18. The van der Waals surface area contributed by atoms with E-state index in [9.17, 15) is 13.2 Å². The normalized spacial score (nSPS) is 12.2. The summed E-state index contributed by atoms with van der Waals surface area (Å²) in [5.74, 6) is 0.428. The van der Waals surface area contributed by atoms with Crippen molar-refractivity contribution in [3.63, 3.8) is 0 Å². The maximum Gasteiger partial charge on any atom is 0.390 e. The Morgan fingerprint density at radius 1 is 1.08 bits per heavy atom. The monoisotopic (exact) mass is 359 g/mol. The summed E-state index contributed by atoms with van der Waals surface area (Å²) in [7, 11) is 0. The van der Waals surface area contributed by atoms with Crippen LogP contribution in [-0.4, -0.2) is 45.0 Å². The highest BCUT2D eigenvalue weighted by atomic mass is 19.4. The number of nitrogens with zero attached hydrogens (tertiary/aromatic N) is 1. The molecule has 1 aromatic carbocycles. The SMILES string of the molecule is CCNC(=NCCCCOCCc1ccccc1)NCCC(F)(F)F. The van der Waals surface area contributed by atoms with Gasteiger partial charge in [0.05, 0.1) is 13.0 Å². The summed E-state index contributed by atoms with van der Waals surface area (Å²) in [6, 6.07) is 10.2. The zero-order valence-corrected chi connectivity index (χ0v) is 14.7. The molecular weight excluding hydrogens is 331 g/mol. The second-order valence-electron chi connectivity index (χ2n) is 5.61. The lowest BCUT2D eigenvalue weighted by atomic mass is 10.2. The van der Waals surface area contributed by atoms with Crippen molar-refractivity contribution in [2.24, 2.45) is 4.99 Å². The van der Waals surface area contributed by atoms with Crippen molar-refractivity contribution < 1.29 is 17.9 Å². The molecule has 0 heterocycles. The molecule has 0 unspecified atom stereocenters. The van der Waals surface area contributed by atoms with E-state index >= 15 is 0 Å². The first-order valence-electron chi connectivity index (χ1n) is 8.72. The Balaban J connectivity index is 2.08. The molecule has 0 bridgehead atoms. The molecule has 0 spiro atoms. The molecule has 0 saturated carbocycles. The minimum Gasteiger partial charge on any atom is -0.381 e. The Hall–Kier alpha value is -1.76. The summed E-state index contributed by atoms with van der Waals surface area (Å²) in [6.07, 6.45) is -2.41. The molecule has 0 saturated heterocycles. The van der Waals surface area contributed by atoms with Gasteiger partial charge in [0, 0.05) is 26.2 Å². The van der Waals surface area contributed by atoms with Crippen LogP contribution in [0, 0.1) is 0 Å². The van der Waals surface area contributed by atoms with Crippen LogP contribution in [0.1, 0.15) is 31.7 Å². The summed E-state index contributed by atoms with van der Waals surface area (Å²) >= 11 is 0. The Kier molecular flexibility index (Phi) is 10.7. The molecule has 0 aromatic heterocycles. The van der Waals surface area contributed by atoms with Crippen molar-refractivity contribution in [3.05, 3.63) is 35.9 Å². The van der Waals surface area contributed by atoms with Crippen molar-refractivity contribution in [2.75, 3.05) is 32.8 Å². The van der Waals surface area contributed by atoms with Gasteiger partial charge in [-0.2, -0.15) is 13.2 Å². The number of halogens is 3. The topological polar surface area (TPSA) is 45.7 Å². The van der Waals surface area contributed by atoms with Crippen LogP contribution in [0.4, 0.5) is 13.2 Å². The van der Waals surface area contributed by atoms with Crippen LogP contribution < -0.4 is 10.6 Å². The van der Waals surface area contributed by atoms with Gasteiger partial charge in [0.2, 0.25) is 0 Å². The van der Waals surface area contributed by atoms with Crippen LogP contribution in [0.15, 0.2) is 35.3 Å². The first-order valence-corrected chi connectivity index (χ1v) is 8.72. The molecule has 7 heteroatoms. The fourth-order valence-electron chi connectivity index (χ4n) is 2.11. The van der Waals surface area contributed by atoms with E-state index in [1.807, 2.05) is 25.1 Å². The van der Waals surface area contributed by atoms with Gasteiger partial charge in [0.1, 0.15) is 0 Å². The summed E-state index contributed by atoms with van der Waals surface area (Å²) in [4.78, 5) is 4.27. The first-order chi connectivity index (χ1) is 12.0. The van der Waals surface area contributed by atoms with Gasteiger partial charge in [-0.3, -0.25) is 4.99 Å². The van der Waals surface area contributed by atoms with Gasteiger partial charge in [-0.15, -0.1) is 0 Å². The van der Waals surface area contributed by atoms with Gasteiger partial charge in [-0.1, -0.05) is 30.3 Å². The van der Waals surface area contributed by atoms with Crippen LogP contribution in [0.2, 0.25) is 0 Å². The average molecular weight is 359 g/mol. The molecule has 0 fully saturated rings. The Morgan fingerprint density at radius 3 is 2.52 bits per heavy atom. The molecule has 25 heavy (non-hydrogen) atoms. The minimum atomic E-state index is -4.15. The van der Waals surface area contributed by atoms with Gasteiger partial charge >= 0.3 is 6.18 Å². The molecule has 0 aliphatic rings. The molecule has 142 valence electrons. The number of aliphatic imine (C=N–C) groups is 1. The van der Waals surface area contributed by atoms with Crippen LogP contribution in [0.5, 0.6) is 0 Å². The van der Waals surface area contributed by atoms with Crippen molar-refractivity contribution in [1.29, 1.82) is 0 Å². The smallest absolute Gasteiger partial charge is 0.381 e. The van der Waals surface area contributed by atoms with Crippen molar-refractivity contribution in [2.45, 2.75) is 38.8 Å². The predicted molar refractivity (Wildman–Crippen MR) is 94.9 cm³/mol. The maximum atomic E-state index is 12.1. The van der Waals surface area contributed by atoms with Crippen LogP contribution >= 0.6 is 0 Å². The Morgan fingerprint density at radius 2 is 1.84 bits per heavy atom. The van der Waals surface area contributed by atoms with Gasteiger partial charge < -0.3 is 15.4 Å². The number of rotatable bonds is 11. The molecule has 1 aromatic rings. The number of benzene rings is 1. The summed E-state index contributed by atoms with van der Waals surface area (Å²) in [5.41, 5.74) is 1.26. The predicted octanol–water partition coefficient (Wildman–Crippen LogP) is 3.53. The molecule has 0 radical (unpaired) electrons. The quantitative estimate of drug-likeness (QED) is 0.361. The molecule has 0 amide bonds. The first kappa shape index (κ1) is 21.3. The van der Waals surface area contributed by atoms with Crippen LogP contribution in [-0.2, 0) is 11.2 Å². The Bertz CT molecular complexity index is 478. The third-order valence-corrected chi connectivity index (χ3v) is 3.39. The number of unbranched alkanes of at least 4 members (excludes halogenated alkanes) is 1. The van der Waals surface area contributed by atoms with Crippen molar-refractivity contribution in [3.8, 4) is 0 Å². The van der Waals surface area contributed by atoms with Crippen molar-refractivity contribution in [1.82, 2.24) is 10.6 Å². The molecule has 0 aliphatic carbocycles. The number of ether oxygens (including phenoxy) is 1. The van der Waals surface area contributed by atoms with E-state index in [4.69, 9.17) is 4.74 Å². The lowest BCUT2D eigenvalue weighted by Gasteiger charge is -2.12. The highest BCUT2D eigenvalue weighted by molar-refractivity contribution is 5.79. The van der Waals surface area contributed by atoms with Gasteiger partial charge in [-0.25, -0.2) is 0 Å². The van der Waals surface area contributed by atoms with E-state index in [1.54, 1.807) is 0 Å². The fraction of sp³-hybridized carbons (Fsp3) is 0.611. The van der Waals surface area contributed by atoms with E-state index in [0.29, 0.717) is 32.3 Å². The molecule has 2 N–H and O–H groups in total. The standard InChI is InChI=1S/C18H28F3N3O/c1-2-22-17(24-13-11-18(19,20)21)23-12-6-7-14-25-15-10-16-8-4-3-5-9-16/h3-5,8-9H,2,6-7,10-15H2,1H3,(H2,22,23,24). The molecular formula is C18H28F3N3O. The van der Waals surface area contributed by atoms with Crippen LogP contribution in [0.3, 0.4) is 0 Å². The summed E-state index contributed by atoms with van der Waals surface area (Å²) < 4.78 is 42.0. The third kappa shape index (κ3) is 12.3. The van der Waals surface area contributed by atoms with Gasteiger partial charge in [0.25, 0.3) is 0 Å². The minimum absolute atomic E-state index is 0.169. The summed E-state index contributed by atoms with van der Waals surface area (Å²) in [5, 5.41) is 5.63. The molecule has 4 nitrogen and oxygen atoms in total. The second kappa shape index (κ2) is 12.6. The van der Waals surface area contributed by atoms with E-state index < -0.39 is 12.6 Å². The number of hydrogen-bond donors (Lipinski definition) is 2. The molecule has 0 atom stereocenters. The van der Waals surface area contributed by atoms with Crippen LogP contribution in [0.25, 0.3) is 0 Å². The molecule has 0 aliphatic heterocycles. The van der Waals surface area contributed by atoms with E-state index in [0.717, 1.165) is 19.3 Å². The number of nitrogens with one attached hydrogen (secondary N) is 2. The number of guanidine groups is 1. The zero-order chi connectivity index (χ0) is 18.4.